The fraction of sp³-hybridized carbons (Fsp3) is 0.381. The maximum absolute atomic E-state index is 12.5. The Morgan fingerprint density at radius 3 is 2.71 bits per heavy atom. The summed E-state index contributed by atoms with van der Waals surface area (Å²) in [6.07, 6.45) is 2.18. The summed E-state index contributed by atoms with van der Waals surface area (Å²) in [7, 11) is 0. The minimum absolute atomic E-state index is 0.0187. The molecule has 0 atom stereocenters. The zero-order chi connectivity index (χ0) is 20.3. The molecule has 7 heteroatoms. The van der Waals surface area contributed by atoms with Crippen LogP contribution < -0.4 is 15.0 Å². The number of benzene rings is 1. The number of ether oxygens (including phenoxy) is 2. The van der Waals surface area contributed by atoms with Crippen molar-refractivity contribution in [3.63, 3.8) is 0 Å². The second kappa shape index (κ2) is 8.17. The first-order chi connectivity index (χ1) is 13.4. The van der Waals surface area contributed by atoms with Crippen LogP contribution in [0.5, 0.6) is 17.4 Å². The lowest BCUT2D eigenvalue weighted by Crippen LogP contribution is -2.26. The Hall–Kier alpha value is -3.27. The molecule has 1 aliphatic heterocycles. The van der Waals surface area contributed by atoms with Gasteiger partial charge >= 0.3 is 0 Å². The molecule has 1 aromatic carbocycles. The number of nitrogens with zero attached hydrogens (tertiary/aromatic N) is 3. The first-order valence-electron chi connectivity index (χ1n) is 9.22. The molecule has 0 unspecified atom stereocenters. The number of aliphatic imine (C=N–C) groups is 1. The molecular weight excluding hydrogens is 358 g/mol. The molecule has 0 fully saturated rings. The van der Waals surface area contributed by atoms with E-state index in [2.05, 4.69) is 4.99 Å². The van der Waals surface area contributed by atoms with Gasteiger partial charge in [0.2, 0.25) is 5.88 Å². The number of rotatable bonds is 5. The summed E-state index contributed by atoms with van der Waals surface area (Å²) in [6.45, 7) is 7.03. The minimum atomic E-state index is -0.477. The van der Waals surface area contributed by atoms with E-state index < -0.39 is 5.56 Å². The van der Waals surface area contributed by atoms with Gasteiger partial charge in [-0.15, -0.1) is 0 Å². The van der Waals surface area contributed by atoms with Gasteiger partial charge < -0.3 is 14.6 Å². The van der Waals surface area contributed by atoms with Crippen molar-refractivity contribution in [2.45, 2.75) is 33.7 Å². The van der Waals surface area contributed by atoms with Crippen LogP contribution in [0.3, 0.4) is 0 Å². The highest BCUT2D eigenvalue weighted by Gasteiger charge is 2.18. The number of fused-ring (bicyclic) bond motifs is 1. The SMILES string of the molecule is Cc1c(C=Nc2ccc3c(c2)OCCO3)c(O)n(CCC(C)C)c(=O)c1C#N. The summed E-state index contributed by atoms with van der Waals surface area (Å²) in [5.74, 6) is 1.45. The van der Waals surface area contributed by atoms with E-state index in [1.165, 1.54) is 10.8 Å². The van der Waals surface area contributed by atoms with Gasteiger partial charge in [0, 0.05) is 18.8 Å². The van der Waals surface area contributed by atoms with Gasteiger partial charge in [-0.3, -0.25) is 14.4 Å². The van der Waals surface area contributed by atoms with Crippen molar-refractivity contribution in [3.05, 3.63) is 45.2 Å². The van der Waals surface area contributed by atoms with Crippen molar-refractivity contribution in [1.82, 2.24) is 4.57 Å². The van der Waals surface area contributed by atoms with Crippen molar-refractivity contribution in [3.8, 4) is 23.4 Å². The first-order valence-corrected chi connectivity index (χ1v) is 9.22. The molecule has 0 spiro atoms. The van der Waals surface area contributed by atoms with Crippen molar-refractivity contribution in [1.29, 1.82) is 5.26 Å². The molecule has 1 aromatic heterocycles. The first kappa shape index (κ1) is 19.5. The number of aromatic hydroxyl groups is 1. The number of pyridine rings is 1. The minimum Gasteiger partial charge on any atom is -0.494 e. The van der Waals surface area contributed by atoms with Gasteiger partial charge in [-0.2, -0.15) is 5.26 Å². The third-order valence-electron chi connectivity index (χ3n) is 4.64. The van der Waals surface area contributed by atoms with Gasteiger partial charge in [-0.05, 0) is 37.0 Å². The molecule has 0 saturated heterocycles. The van der Waals surface area contributed by atoms with Crippen LogP contribution in [0, 0.1) is 24.2 Å². The summed E-state index contributed by atoms with van der Waals surface area (Å²) in [5.41, 5.74) is 0.920. The van der Waals surface area contributed by atoms with Crippen LogP contribution >= 0.6 is 0 Å². The smallest absolute Gasteiger partial charge is 0.271 e. The summed E-state index contributed by atoms with van der Waals surface area (Å²) in [6, 6.07) is 7.25. The highest BCUT2D eigenvalue weighted by Crippen LogP contribution is 2.33. The largest absolute Gasteiger partial charge is 0.494 e. The second-order valence-electron chi connectivity index (χ2n) is 7.07. The standard InChI is InChI=1S/C21H23N3O4/c1-13(2)6-7-24-20(25)16(11-22)14(3)17(21(24)26)12-23-15-4-5-18-19(10-15)28-9-8-27-18/h4-5,10,12-13,26H,6-9H2,1-3H3. The van der Waals surface area contributed by atoms with Gasteiger partial charge in [0.05, 0.1) is 11.3 Å². The molecular formula is C21H23N3O4. The Labute approximate surface area is 163 Å². The molecule has 2 heterocycles. The highest BCUT2D eigenvalue weighted by atomic mass is 16.6. The van der Waals surface area contributed by atoms with Gasteiger partial charge in [-0.1, -0.05) is 13.8 Å². The van der Waals surface area contributed by atoms with E-state index in [0.29, 0.717) is 60.4 Å². The number of nitriles is 1. The zero-order valence-electron chi connectivity index (χ0n) is 16.2. The average molecular weight is 381 g/mol. The van der Waals surface area contributed by atoms with E-state index in [4.69, 9.17) is 9.47 Å². The lowest BCUT2D eigenvalue weighted by molar-refractivity contribution is 0.171. The van der Waals surface area contributed by atoms with E-state index in [1.54, 1.807) is 25.1 Å². The second-order valence-corrected chi connectivity index (χ2v) is 7.07. The molecule has 1 N–H and O–H groups in total. The average Bonchev–Trinajstić information content (AvgIpc) is 2.67. The highest BCUT2D eigenvalue weighted by molar-refractivity contribution is 5.87. The Balaban J connectivity index is 2.01. The van der Waals surface area contributed by atoms with Crippen LogP contribution in [0.25, 0.3) is 0 Å². The van der Waals surface area contributed by atoms with Crippen molar-refractivity contribution in [2.75, 3.05) is 13.2 Å². The lowest BCUT2D eigenvalue weighted by atomic mass is 10.1. The zero-order valence-corrected chi connectivity index (χ0v) is 16.2. The topological polar surface area (TPSA) is 96.8 Å². The Kier molecular flexibility index (Phi) is 5.69. The molecule has 0 amide bonds. The normalized spacial score (nSPS) is 13.1. The van der Waals surface area contributed by atoms with E-state index in [0.717, 1.165) is 0 Å². The molecule has 3 rings (SSSR count). The predicted molar refractivity (Wildman–Crippen MR) is 106 cm³/mol. The summed E-state index contributed by atoms with van der Waals surface area (Å²) < 4.78 is 12.3. The monoisotopic (exact) mass is 381 g/mol. The molecule has 7 nitrogen and oxygen atoms in total. The molecule has 0 bridgehead atoms. The molecule has 2 aromatic rings. The molecule has 1 aliphatic rings. The van der Waals surface area contributed by atoms with Crippen molar-refractivity contribution in [2.24, 2.45) is 10.9 Å². The third kappa shape index (κ3) is 3.86. The Morgan fingerprint density at radius 1 is 1.32 bits per heavy atom. The summed E-state index contributed by atoms with van der Waals surface area (Å²) in [5, 5.41) is 20.1. The van der Waals surface area contributed by atoms with Crippen LogP contribution in [-0.2, 0) is 6.54 Å². The van der Waals surface area contributed by atoms with E-state index in [-0.39, 0.29) is 11.4 Å². The maximum atomic E-state index is 12.5. The number of hydrogen-bond acceptors (Lipinski definition) is 6. The van der Waals surface area contributed by atoms with Crippen LogP contribution in [0.15, 0.2) is 28.0 Å². The third-order valence-corrected chi connectivity index (χ3v) is 4.64. The van der Waals surface area contributed by atoms with Crippen LogP contribution in [-0.4, -0.2) is 29.1 Å². The summed E-state index contributed by atoms with van der Waals surface area (Å²) >= 11 is 0. The molecule has 28 heavy (non-hydrogen) atoms. The lowest BCUT2D eigenvalue weighted by Gasteiger charge is -2.18. The van der Waals surface area contributed by atoms with Crippen molar-refractivity contribution >= 4 is 11.9 Å². The van der Waals surface area contributed by atoms with Gasteiger partial charge in [0.1, 0.15) is 24.8 Å². The fourth-order valence-corrected chi connectivity index (χ4v) is 2.97. The van der Waals surface area contributed by atoms with Crippen LogP contribution in [0.2, 0.25) is 0 Å². The van der Waals surface area contributed by atoms with E-state index >= 15 is 0 Å². The summed E-state index contributed by atoms with van der Waals surface area (Å²) in [4.78, 5) is 16.9. The molecule has 146 valence electrons. The predicted octanol–water partition coefficient (Wildman–Crippen LogP) is 3.30. The van der Waals surface area contributed by atoms with E-state index in [9.17, 15) is 15.2 Å². The molecule has 0 aliphatic carbocycles. The van der Waals surface area contributed by atoms with Crippen LogP contribution in [0.1, 0.15) is 37.0 Å². The molecule has 0 saturated carbocycles. The Morgan fingerprint density at radius 2 is 2.04 bits per heavy atom. The maximum Gasteiger partial charge on any atom is 0.271 e. The quantitative estimate of drug-likeness (QED) is 0.802. The fourth-order valence-electron chi connectivity index (χ4n) is 2.97. The molecule has 0 radical (unpaired) electrons. The number of hydrogen-bond donors (Lipinski definition) is 1. The van der Waals surface area contributed by atoms with Gasteiger partial charge in [0.15, 0.2) is 11.5 Å². The van der Waals surface area contributed by atoms with Crippen molar-refractivity contribution < 1.29 is 14.6 Å². The van der Waals surface area contributed by atoms with E-state index in [1.807, 2.05) is 19.9 Å². The van der Waals surface area contributed by atoms with Gasteiger partial charge in [-0.25, -0.2) is 0 Å². The van der Waals surface area contributed by atoms with Gasteiger partial charge in [0.25, 0.3) is 5.56 Å². The van der Waals surface area contributed by atoms with Crippen LogP contribution in [0.4, 0.5) is 5.69 Å². The number of aromatic nitrogens is 1. The Bertz CT molecular complexity index is 1020.